The number of aliphatic hydroxyl groups excluding tert-OH is 1. The molecular formula is C20H20N2O3. The fourth-order valence-corrected chi connectivity index (χ4v) is 3.17. The molecule has 5 heteroatoms. The number of carboxylic acids is 1. The van der Waals surface area contributed by atoms with Gasteiger partial charge in [0, 0.05) is 12.4 Å². The molecule has 0 aliphatic carbocycles. The number of rotatable bonds is 4. The van der Waals surface area contributed by atoms with Gasteiger partial charge in [-0.3, -0.25) is 0 Å². The number of carboxylic acid groups (broad SMARTS) is 1. The van der Waals surface area contributed by atoms with Gasteiger partial charge >= 0.3 is 5.97 Å². The number of carbonyl (C=O) groups is 1. The molecule has 3 rings (SSSR count). The van der Waals surface area contributed by atoms with Crippen molar-refractivity contribution in [2.24, 2.45) is 0 Å². The normalized spacial score (nSPS) is 12.2. The highest BCUT2D eigenvalue weighted by Gasteiger charge is 2.20. The zero-order valence-electron chi connectivity index (χ0n) is 14.4. The molecule has 0 amide bonds. The van der Waals surface area contributed by atoms with Crippen molar-refractivity contribution in [3.63, 3.8) is 0 Å². The van der Waals surface area contributed by atoms with Crippen molar-refractivity contribution < 1.29 is 15.0 Å². The predicted octanol–water partition coefficient (Wildman–Crippen LogP) is 3.58. The van der Waals surface area contributed by atoms with E-state index in [9.17, 15) is 15.0 Å². The number of hydrogen-bond acceptors (Lipinski definition) is 3. The summed E-state index contributed by atoms with van der Waals surface area (Å²) in [7, 11) is 0. The van der Waals surface area contributed by atoms with E-state index in [1.165, 1.54) is 0 Å². The summed E-state index contributed by atoms with van der Waals surface area (Å²) in [6.07, 6.45) is 2.71. The van der Waals surface area contributed by atoms with E-state index >= 15 is 0 Å². The quantitative estimate of drug-likeness (QED) is 0.763. The zero-order chi connectivity index (χ0) is 18.1. The van der Waals surface area contributed by atoms with E-state index in [1.54, 1.807) is 23.0 Å². The first-order chi connectivity index (χ1) is 11.9. The maximum atomic E-state index is 11.2. The van der Waals surface area contributed by atoms with Crippen molar-refractivity contribution in [2.75, 3.05) is 0 Å². The SMILES string of the molecule is Cc1ccc(-n2cccn2)cc1C(O)c1c(C)cc(C(=O)O)cc1C. The van der Waals surface area contributed by atoms with E-state index in [2.05, 4.69) is 5.10 Å². The van der Waals surface area contributed by atoms with Crippen molar-refractivity contribution in [1.82, 2.24) is 9.78 Å². The van der Waals surface area contributed by atoms with Gasteiger partial charge in [0.25, 0.3) is 0 Å². The highest BCUT2D eigenvalue weighted by atomic mass is 16.4. The number of nitrogens with zero attached hydrogens (tertiary/aromatic N) is 2. The minimum Gasteiger partial charge on any atom is -0.478 e. The van der Waals surface area contributed by atoms with Crippen LogP contribution in [0.15, 0.2) is 48.8 Å². The number of benzene rings is 2. The van der Waals surface area contributed by atoms with Crippen molar-refractivity contribution in [3.05, 3.63) is 82.2 Å². The fourth-order valence-electron chi connectivity index (χ4n) is 3.17. The molecule has 1 atom stereocenters. The van der Waals surface area contributed by atoms with Gasteiger partial charge in [-0.2, -0.15) is 5.10 Å². The molecule has 1 aromatic heterocycles. The lowest BCUT2D eigenvalue weighted by Crippen LogP contribution is -2.09. The summed E-state index contributed by atoms with van der Waals surface area (Å²) < 4.78 is 1.74. The standard InChI is InChI=1S/C20H20N2O3/c1-12-5-6-16(22-8-4-7-21-22)11-17(12)19(23)18-13(2)9-15(20(24)25)10-14(18)3/h4-11,19,23H,1-3H3,(H,24,25). The predicted molar refractivity (Wildman–Crippen MR) is 95.2 cm³/mol. The van der Waals surface area contributed by atoms with Gasteiger partial charge in [0.2, 0.25) is 0 Å². The third kappa shape index (κ3) is 3.19. The lowest BCUT2D eigenvalue weighted by Gasteiger charge is -2.20. The van der Waals surface area contributed by atoms with Gasteiger partial charge < -0.3 is 10.2 Å². The van der Waals surface area contributed by atoms with Gasteiger partial charge in [0.15, 0.2) is 0 Å². The first-order valence-corrected chi connectivity index (χ1v) is 8.01. The number of aliphatic hydroxyl groups is 1. The van der Waals surface area contributed by atoms with E-state index in [-0.39, 0.29) is 5.56 Å². The number of aromatic carboxylic acids is 1. The monoisotopic (exact) mass is 336 g/mol. The highest BCUT2D eigenvalue weighted by molar-refractivity contribution is 5.88. The summed E-state index contributed by atoms with van der Waals surface area (Å²) in [6.45, 7) is 5.59. The van der Waals surface area contributed by atoms with Crippen molar-refractivity contribution in [3.8, 4) is 5.69 Å². The molecule has 0 aliphatic rings. The van der Waals surface area contributed by atoms with Crippen LogP contribution in [0.1, 0.15) is 44.3 Å². The van der Waals surface area contributed by atoms with E-state index < -0.39 is 12.1 Å². The topological polar surface area (TPSA) is 75.3 Å². The van der Waals surface area contributed by atoms with Gasteiger partial charge in [0.05, 0.1) is 11.3 Å². The molecule has 2 aromatic carbocycles. The van der Waals surface area contributed by atoms with Crippen LogP contribution in [-0.2, 0) is 0 Å². The maximum absolute atomic E-state index is 11.2. The van der Waals surface area contributed by atoms with Crippen LogP contribution in [0.4, 0.5) is 0 Å². The summed E-state index contributed by atoms with van der Waals surface area (Å²) in [5.41, 5.74) is 5.09. The largest absolute Gasteiger partial charge is 0.478 e. The Morgan fingerprint density at radius 3 is 2.32 bits per heavy atom. The summed E-state index contributed by atoms with van der Waals surface area (Å²) >= 11 is 0. The van der Waals surface area contributed by atoms with Crippen LogP contribution >= 0.6 is 0 Å². The average molecular weight is 336 g/mol. The molecule has 3 aromatic rings. The molecule has 0 spiro atoms. The number of aryl methyl sites for hydroxylation is 3. The minimum atomic E-state index is -0.968. The molecule has 0 saturated heterocycles. The lowest BCUT2D eigenvalue weighted by molar-refractivity contribution is 0.0696. The van der Waals surface area contributed by atoms with E-state index in [1.807, 2.05) is 51.2 Å². The van der Waals surface area contributed by atoms with Gasteiger partial charge in [-0.05, 0) is 78.9 Å². The Bertz CT molecular complexity index is 907. The molecule has 1 unspecified atom stereocenters. The molecule has 0 bridgehead atoms. The Hall–Kier alpha value is -2.92. The molecule has 0 radical (unpaired) electrons. The van der Waals surface area contributed by atoms with Crippen LogP contribution in [0, 0.1) is 20.8 Å². The maximum Gasteiger partial charge on any atom is 0.335 e. The molecule has 128 valence electrons. The molecule has 1 heterocycles. The second kappa shape index (κ2) is 6.53. The molecule has 0 aliphatic heterocycles. The fraction of sp³-hybridized carbons (Fsp3) is 0.200. The zero-order valence-corrected chi connectivity index (χ0v) is 14.4. The van der Waals surface area contributed by atoms with Gasteiger partial charge in [-0.1, -0.05) is 6.07 Å². The van der Waals surface area contributed by atoms with Crippen molar-refractivity contribution in [2.45, 2.75) is 26.9 Å². The second-order valence-electron chi connectivity index (χ2n) is 6.22. The lowest BCUT2D eigenvalue weighted by atomic mass is 9.89. The van der Waals surface area contributed by atoms with Crippen molar-refractivity contribution >= 4 is 5.97 Å². The summed E-state index contributed by atoms with van der Waals surface area (Å²) in [5.74, 6) is -0.968. The highest BCUT2D eigenvalue weighted by Crippen LogP contribution is 2.31. The van der Waals surface area contributed by atoms with Gasteiger partial charge in [0.1, 0.15) is 6.10 Å². The summed E-state index contributed by atoms with van der Waals surface area (Å²) in [5, 5.41) is 24.4. The molecular weight excluding hydrogens is 316 g/mol. The van der Waals surface area contributed by atoms with Crippen LogP contribution < -0.4 is 0 Å². The number of aromatic nitrogens is 2. The van der Waals surface area contributed by atoms with Crippen LogP contribution in [0.2, 0.25) is 0 Å². The third-order valence-electron chi connectivity index (χ3n) is 4.44. The Kier molecular flexibility index (Phi) is 4.42. The average Bonchev–Trinajstić information content (AvgIpc) is 3.08. The second-order valence-corrected chi connectivity index (χ2v) is 6.22. The summed E-state index contributed by atoms with van der Waals surface area (Å²) in [6, 6.07) is 10.9. The number of hydrogen-bond donors (Lipinski definition) is 2. The molecule has 2 N–H and O–H groups in total. The first-order valence-electron chi connectivity index (χ1n) is 8.01. The van der Waals surface area contributed by atoms with Crippen LogP contribution in [0.5, 0.6) is 0 Å². The summed E-state index contributed by atoms with van der Waals surface area (Å²) in [4.78, 5) is 11.2. The van der Waals surface area contributed by atoms with Gasteiger partial charge in [-0.25, -0.2) is 9.48 Å². The Balaban J connectivity index is 2.08. The Labute approximate surface area is 146 Å². The molecule has 0 saturated carbocycles. The Morgan fingerprint density at radius 2 is 1.76 bits per heavy atom. The third-order valence-corrected chi connectivity index (χ3v) is 4.44. The Morgan fingerprint density at radius 1 is 1.08 bits per heavy atom. The first kappa shape index (κ1) is 16.9. The van der Waals surface area contributed by atoms with Crippen LogP contribution in [0.3, 0.4) is 0 Å². The molecule has 25 heavy (non-hydrogen) atoms. The van der Waals surface area contributed by atoms with E-state index in [0.717, 1.165) is 33.5 Å². The van der Waals surface area contributed by atoms with Crippen LogP contribution in [0.25, 0.3) is 5.69 Å². The minimum absolute atomic E-state index is 0.230. The van der Waals surface area contributed by atoms with E-state index in [0.29, 0.717) is 0 Å². The molecule has 0 fully saturated rings. The van der Waals surface area contributed by atoms with Crippen molar-refractivity contribution in [1.29, 1.82) is 0 Å². The molecule has 5 nitrogen and oxygen atoms in total. The smallest absolute Gasteiger partial charge is 0.335 e. The van der Waals surface area contributed by atoms with Gasteiger partial charge in [-0.15, -0.1) is 0 Å². The van der Waals surface area contributed by atoms with E-state index in [4.69, 9.17) is 0 Å². The van der Waals surface area contributed by atoms with Crippen LogP contribution in [-0.4, -0.2) is 26.0 Å².